The van der Waals surface area contributed by atoms with Crippen molar-refractivity contribution >= 4 is 23.3 Å². The van der Waals surface area contributed by atoms with E-state index >= 15 is 0 Å². The Morgan fingerprint density at radius 1 is 0.966 bits per heavy atom. The van der Waals surface area contributed by atoms with Crippen LogP contribution in [0.3, 0.4) is 0 Å². The Morgan fingerprint density at radius 3 is 2.24 bits per heavy atom. The van der Waals surface area contributed by atoms with E-state index in [0.29, 0.717) is 18.8 Å². The maximum atomic E-state index is 12.2. The first kappa shape index (κ1) is 20.7. The van der Waals surface area contributed by atoms with Crippen molar-refractivity contribution in [3.05, 3.63) is 54.6 Å². The Hall–Kier alpha value is -3.06. The van der Waals surface area contributed by atoms with Crippen LogP contribution in [0.4, 0.5) is 11.4 Å². The number of rotatable bonds is 7. The van der Waals surface area contributed by atoms with Crippen molar-refractivity contribution in [2.75, 3.05) is 31.6 Å². The van der Waals surface area contributed by atoms with Gasteiger partial charge >= 0.3 is 5.97 Å². The molecule has 29 heavy (non-hydrogen) atoms. The standard InChI is InChI=1S/C22H26N2O5/c1-16-12-24(13-17(2)29-16)21(25)14-28-22(26)15-27-20-10-8-19(9-11-20)23-18-6-4-3-5-7-18/h3-11,16-17,23H,12-15H2,1-2H3/t16-,17-/m1/s1. The number of ether oxygens (including phenoxy) is 3. The molecule has 0 spiro atoms. The SMILES string of the molecule is C[C@@H]1CN(C(=O)COC(=O)COc2ccc(Nc3ccccc3)cc2)C[C@@H](C)O1. The second kappa shape index (κ2) is 9.93. The first-order valence-corrected chi connectivity index (χ1v) is 9.63. The fourth-order valence-electron chi connectivity index (χ4n) is 3.12. The van der Waals surface area contributed by atoms with Gasteiger partial charge in [-0.25, -0.2) is 4.79 Å². The summed E-state index contributed by atoms with van der Waals surface area (Å²) in [5, 5.41) is 3.27. The molecule has 0 saturated carbocycles. The Morgan fingerprint density at radius 2 is 1.59 bits per heavy atom. The summed E-state index contributed by atoms with van der Waals surface area (Å²) in [7, 11) is 0. The van der Waals surface area contributed by atoms with Crippen LogP contribution in [0.1, 0.15) is 13.8 Å². The van der Waals surface area contributed by atoms with Crippen molar-refractivity contribution < 1.29 is 23.8 Å². The van der Waals surface area contributed by atoms with Crippen LogP contribution in [-0.2, 0) is 19.1 Å². The van der Waals surface area contributed by atoms with Gasteiger partial charge < -0.3 is 24.4 Å². The van der Waals surface area contributed by atoms with Gasteiger partial charge in [0.15, 0.2) is 13.2 Å². The van der Waals surface area contributed by atoms with Gasteiger partial charge in [-0.15, -0.1) is 0 Å². The number of hydrogen-bond donors (Lipinski definition) is 1. The largest absolute Gasteiger partial charge is 0.482 e. The Bertz CT molecular complexity index is 800. The first-order valence-electron chi connectivity index (χ1n) is 9.63. The molecule has 1 heterocycles. The van der Waals surface area contributed by atoms with Crippen LogP contribution in [0, 0.1) is 0 Å². The number of carbonyl (C=O) groups excluding carboxylic acids is 2. The fraction of sp³-hybridized carbons (Fsp3) is 0.364. The van der Waals surface area contributed by atoms with Crippen molar-refractivity contribution in [1.29, 1.82) is 0 Å². The molecule has 7 heteroatoms. The lowest BCUT2D eigenvalue weighted by molar-refractivity contribution is -0.158. The number of nitrogens with zero attached hydrogens (tertiary/aromatic N) is 1. The van der Waals surface area contributed by atoms with Gasteiger partial charge in [0, 0.05) is 24.5 Å². The van der Waals surface area contributed by atoms with Gasteiger partial charge in [-0.3, -0.25) is 4.79 Å². The van der Waals surface area contributed by atoms with E-state index in [2.05, 4.69) is 5.32 Å². The Kier molecular flexibility index (Phi) is 7.08. The number of nitrogens with one attached hydrogen (secondary N) is 1. The summed E-state index contributed by atoms with van der Waals surface area (Å²) >= 11 is 0. The molecule has 7 nitrogen and oxygen atoms in total. The van der Waals surface area contributed by atoms with Crippen LogP contribution in [0.25, 0.3) is 0 Å². The highest BCUT2D eigenvalue weighted by Gasteiger charge is 2.26. The average molecular weight is 398 g/mol. The molecule has 3 rings (SSSR count). The quantitative estimate of drug-likeness (QED) is 0.723. The highest BCUT2D eigenvalue weighted by molar-refractivity contribution is 5.81. The number of para-hydroxylation sites is 1. The third kappa shape index (κ3) is 6.50. The van der Waals surface area contributed by atoms with E-state index in [1.54, 1.807) is 17.0 Å². The van der Waals surface area contributed by atoms with E-state index in [1.807, 2.05) is 56.3 Å². The van der Waals surface area contributed by atoms with Crippen molar-refractivity contribution in [2.45, 2.75) is 26.1 Å². The molecule has 1 fully saturated rings. The molecule has 2 aromatic rings. The summed E-state index contributed by atoms with van der Waals surface area (Å²) in [5.41, 5.74) is 1.89. The molecular weight excluding hydrogens is 372 g/mol. The van der Waals surface area contributed by atoms with Gasteiger partial charge in [-0.05, 0) is 50.2 Å². The predicted octanol–water partition coefficient (Wildman–Crippen LogP) is 2.99. The van der Waals surface area contributed by atoms with Gasteiger partial charge in [0.1, 0.15) is 5.75 Å². The molecule has 0 radical (unpaired) electrons. The summed E-state index contributed by atoms with van der Waals surface area (Å²) in [6, 6.07) is 17.1. The summed E-state index contributed by atoms with van der Waals surface area (Å²) in [6.45, 7) is 4.28. The molecule has 1 N–H and O–H groups in total. The van der Waals surface area contributed by atoms with Crippen molar-refractivity contribution in [3.8, 4) is 5.75 Å². The van der Waals surface area contributed by atoms with Gasteiger partial charge in [-0.2, -0.15) is 0 Å². The molecule has 1 aliphatic heterocycles. The number of benzene rings is 2. The molecule has 0 aromatic heterocycles. The second-order valence-electron chi connectivity index (χ2n) is 7.02. The number of hydrogen-bond acceptors (Lipinski definition) is 6. The van der Waals surface area contributed by atoms with Gasteiger partial charge in [0.25, 0.3) is 5.91 Å². The molecule has 1 saturated heterocycles. The molecular formula is C22H26N2O5. The van der Waals surface area contributed by atoms with E-state index in [9.17, 15) is 9.59 Å². The molecule has 1 amide bonds. The van der Waals surface area contributed by atoms with Crippen LogP contribution in [0.15, 0.2) is 54.6 Å². The minimum Gasteiger partial charge on any atom is -0.482 e. The smallest absolute Gasteiger partial charge is 0.344 e. The first-order chi connectivity index (χ1) is 14.0. The van der Waals surface area contributed by atoms with Crippen LogP contribution in [0.5, 0.6) is 5.75 Å². The Labute approximate surface area is 170 Å². The molecule has 2 atom stereocenters. The normalized spacial score (nSPS) is 18.8. The van der Waals surface area contributed by atoms with Crippen molar-refractivity contribution in [2.24, 2.45) is 0 Å². The summed E-state index contributed by atoms with van der Waals surface area (Å²) in [4.78, 5) is 25.7. The van der Waals surface area contributed by atoms with Gasteiger partial charge in [-0.1, -0.05) is 18.2 Å². The number of amides is 1. The van der Waals surface area contributed by atoms with E-state index < -0.39 is 5.97 Å². The van der Waals surface area contributed by atoms with E-state index in [0.717, 1.165) is 11.4 Å². The zero-order valence-electron chi connectivity index (χ0n) is 16.7. The number of carbonyl (C=O) groups is 2. The molecule has 0 unspecified atom stereocenters. The molecule has 1 aliphatic rings. The minimum absolute atomic E-state index is 0.0268. The van der Waals surface area contributed by atoms with E-state index in [1.165, 1.54) is 0 Å². The van der Waals surface area contributed by atoms with Crippen LogP contribution in [-0.4, -0.2) is 55.3 Å². The van der Waals surface area contributed by atoms with Gasteiger partial charge in [0.2, 0.25) is 0 Å². The lowest BCUT2D eigenvalue weighted by atomic mass is 10.2. The number of morpholine rings is 1. The summed E-state index contributed by atoms with van der Waals surface area (Å²) in [6.07, 6.45) is -0.0535. The van der Waals surface area contributed by atoms with E-state index in [4.69, 9.17) is 14.2 Å². The zero-order chi connectivity index (χ0) is 20.6. The maximum absolute atomic E-state index is 12.2. The predicted molar refractivity (Wildman–Crippen MR) is 109 cm³/mol. The maximum Gasteiger partial charge on any atom is 0.344 e. The third-order valence-corrected chi connectivity index (χ3v) is 4.40. The Balaban J connectivity index is 1.39. The molecule has 0 bridgehead atoms. The van der Waals surface area contributed by atoms with Crippen LogP contribution >= 0.6 is 0 Å². The monoisotopic (exact) mass is 398 g/mol. The lowest BCUT2D eigenvalue weighted by Crippen LogP contribution is -2.49. The van der Waals surface area contributed by atoms with Crippen molar-refractivity contribution in [3.63, 3.8) is 0 Å². The molecule has 0 aliphatic carbocycles. The average Bonchev–Trinajstić information content (AvgIpc) is 2.71. The van der Waals surface area contributed by atoms with Gasteiger partial charge in [0.05, 0.1) is 12.2 Å². The summed E-state index contributed by atoms with van der Waals surface area (Å²) in [5.74, 6) is -0.265. The molecule has 154 valence electrons. The fourth-order valence-corrected chi connectivity index (χ4v) is 3.12. The van der Waals surface area contributed by atoms with E-state index in [-0.39, 0.29) is 31.3 Å². The summed E-state index contributed by atoms with van der Waals surface area (Å²) < 4.78 is 16.1. The minimum atomic E-state index is -0.584. The third-order valence-electron chi connectivity index (χ3n) is 4.40. The lowest BCUT2D eigenvalue weighted by Gasteiger charge is -2.35. The van der Waals surface area contributed by atoms with Crippen molar-refractivity contribution in [1.82, 2.24) is 4.90 Å². The van der Waals surface area contributed by atoms with Crippen LogP contribution < -0.4 is 10.1 Å². The molecule has 2 aromatic carbocycles. The highest BCUT2D eigenvalue weighted by atomic mass is 16.6. The van der Waals surface area contributed by atoms with Crippen LogP contribution in [0.2, 0.25) is 0 Å². The number of esters is 1. The second-order valence-corrected chi connectivity index (χ2v) is 7.02. The topological polar surface area (TPSA) is 77.1 Å². The number of anilines is 2. The highest BCUT2D eigenvalue weighted by Crippen LogP contribution is 2.19. The zero-order valence-corrected chi connectivity index (χ0v) is 16.7.